The summed E-state index contributed by atoms with van der Waals surface area (Å²) in [7, 11) is 0. The van der Waals surface area contributed by atoms with E-state index in [0.29, 0.717) is 6.42 Å². The summed E-state index contributed by atoms with van der Waals surface area (Å²) < 4.78 is 0. The third kappa shape index (κ3) is 5.17. The minimum absolute atomic E-state index is 0.0122. The van der Waals surface area contributed by atoms with E-state index in [9.17, 15) is 9.59 Å². The molecule has 50 valence electrons. The summed E-state index contributed by atoms with van der Waals surface area (Å²) in [6.07, 6.45) is 2.92. The van der Waals surface area contributed by atoms with Gasteiger partial charge in [-0.1, -0.05) is 0 Å². The first kappa shape index (κ1) is 8.30. The van der Waals surface area contributed by atoms with Crippen molar-refractivity contribution in [1.82, 2.24) is 0 Å². The fourth-order valence-corrected chi connectivity index (χ4v) is 0.424. The molecule has 2 radical (unpaired) electrons. The third-order valence-electron chi connectivity index (χ3n) is 0.899. The van der Waals surface area contributed by atoms with Crippen LogP contribution in [0.5, 0.6) is 0 Å². The molecule has 1 atom stereocenters. The molecule has 0 aromatic rings. The quantitative estimate of drug-likeness (QED) is 0.554. The molecule has 9 heavy (non-hydrogen) atoms. The Kier molecular flexibility index (Phi) is 5.01. The first-order chi connectivity index (χ1) is 4.31. The van der Waals surface area contributed by atoms with Crippen molar-refractivity contribution in [3.05, 3.63) is 0 Å². The molecule has 0 bridgehead atoms. The van der Waals surface area contributed by atoms with Crippen LogP contribution < -0.4 is 0 Å². The predicted molar refractivity (Wildman–Crippen MR) is 31.2 cm³/mol. The lowest BCUT2D eigenvalue weighted by Gasteiger charge is -1.99. The third-order valence-corrected chi connectivity index (χ3v) is 0.899. The lowest BCUT2D eigenvalue weighted by atomic mass is 10.2. The number of hydrogen-bond acceptors (Lipinski definition) is 3. The van der Waals surface area contributed by atoms with Gasteiger partial charge in [0, 0.05) is 12.8 Å². The van der Waals surface area contributed by atoms with Gasteiger partial charge in [-0.25, -0.2) is 0 Å². The van der Waals surface area contributed by atoms with E-state index < -0.39 is 6.10 Å². The minimum Gasteiger partial charge on any atom is -0.393 e. The second-order valence-electron chi connectivity index (χ2n) is 1.69. The normalized spacial score (nSPS) is 12.6. The van der Waals surface area contributed by atoms with Gasteiger partial charge in [0.25, 0.3) is 0 Å². The molecule has 3 nitrogen and oxygen atoms in total. The fourth-order valence-electron chi connectivity index (χ4n) is 0.424. The van der Waals surface area contributed by atoms with E-state index in [2.05, 4.69) is 0 Å². The van der Waals surface area contributed by atoms with Crippen LogP contribution in [0.25, 0.3) is 0 Å². The maximum Gasteiger partial charge on any atom is 0.201 e. The first-order valence-electron chi connectivity index (χ1n) is 2.69. The average Bonchev–Trinajstić information content (AvgIpc) is 1.85. The maximum atomic E-state index is 9.59. The Hall–Kier alpha value is -0.700. The van der Waals surface area contributed by atoms with E-state index in [-0.39, 0.29) is 12.8 Å². The molecule has 0 aliphatic carbocycles. The molecular weight excluding hydrogens is 120 g/mol. The number of hydrogen-bond donors (Lipinski definition) is 1. The average molecular weight is 128 g/mol. The van der Waals surface area contributed by atoms with Crippen LogP contribution in [0.3, 0.4) is 0 Å². The summed E-state index contributed by atoms with van der Waals surface area (Å²) in [4.78, 5) is 19.2. The lowest BCUT2D eigenvalue weighted by Crippen LogP contribution is -2.06. The molecule has 0 aliphatic rings. The standard InChI is InChI=1S/C6H8O3/c7-4-1-2-6(9)3-5-8/h6,9H,1-3H2. The van der Waals surface area contributed by atoms with Gasteiger partial charge in [0.2, 0.25) is 6.29 Å². The Morgan fingerprint density at radius 3 is 2.44 bits per heavy atom. The smallest absolute Gasteiger partial charge is 0.201 e. The van der Waals surface area contributed by atoms with E-state index in [1.807, 2.05) is 0 Å². The van der Waals surface area contributed by atoms with Gasteiger partial charge in [0.1, 0.15) is 0 Å². The van der Waals surface area contributed by atoms with E-state index >= 15 is 0 Å². The molecule has 1 unspecified atom stereocenters. The Labute approximate surface area is 53.7 Å². The Morgan fingerprint density at radius 1 is 1.33 bits per heavy atom. The highest BCUT2D eigenvalue weighted by Gasteiger charge is 2.01. The molecule has 3 heteroatoms. The monoisotopic (exact) mass is 128 g/mol. The fraction of sp³-hybridized carbons (Fsp3) is 0.667. The van der Waals surface area contributed by atoms with Crippen molar-refractivity contribution in [2.45, 2.75) is 25.4 Å². The van der Waals surface area contributed by atoms with Crippen molar-refractivity contribution in [3.63, 3.8) is 0 Å². The second-order valence-corrected chi connectivity index (χ2v) is 1.69. The van der Waals surface area contributed by atoms with Gasteiger partial charge >= 0.3 is 0 Å². The summed E-state index contributed by atoms with van der Waals surface area (Å²) in [6.45, 7) is 0. The number of aliphatic hydroxyl groups excluding tert-OH is 1. The molecule has 0 aromatic heterocycles. The van der Waals surface area contributed by atoms with E-state index in [1.54, 1.807) is 12.6 Å². The highest BCUT2D eigenvalue weighted by Crippen LogP contribution is 1.96. The van der Waals surface area contributed by atoms with Gasteiger partial charge in [-0.2, -0.15) is 0 Å². The molecule has 0 fully saturated rings. The predicted octanol–water partition coefficient (Wildman–Crippen LogP) is -0.263. The van der Waals surface area contributed by atoms with Gasteiger partial charge in [0.05, 0.1) is 6.10 Å². The molecule has 0 aromatic carbocycles. The van der Waals surface area contributed by atoms with Gasteiger partial charge in [0.15, 0.2) is 6.29 Å². The van der Waals surface area contributed by atoms with Crippen LogP contribution in [0.2, 0.25) is 0 Å². The topological polar surface area (TPSA) is 54.4 Å². The highest BCUT2D eigenvalue weighted by molar-refractivity contribution is 5.52. The first-order valence-corrected chi connectivity index (χ1v) is 2.69. The van der Waals surface area contributed by atoms with Crippen molar-refractivity contribution < 1.29 is 14.7 Å². The van der Waals surface area contributed by atoms with Crippen LogP contribution in [-0.4, -0.2) is 23.8 Å². The molecule has 1 N–H and O–H groups in total. The molecule has 0 amide bonds. The number of aliphatic hydroxyl groups is 1. The summed E-state index contributed by atoms with van der Waals surface area (Å²) in [5, 5.41) is 8.74. The van der Waals surface area contributed by atoms with Crippen molar-refractivity contribution in [3.8, 4) is 0 Å². The summed E-state index contributed by atoms with van der Waals surface area (Å²) >= 11 is 0. The molecular formula is C6H8O3. The summed E-state index contributed by atoms with van der Waals surface area (Å²) in [5.74, 6) is 0. The summed E-state index contributed by atoms with van der Waals surface area (Å²) in [5.41, 5.74) is 0. The van der Waals surface area contributed by atoms with Crippen LogP contribution >= 0.6 is 0 Å². The largest absolute Gasteiger partial charge is 0.393 e. The van der Waals surface area contributed by atoms with Crippen LogP contribution in [0.4, 0.5) is 0 Å². The number of rotatable bonds is 5. The van der Waals surface area contributed by atoms with Crippen molar-refractivity contribution in [2.24, 2.45) is 0 Å². The highest BCUT2D eigenvalue weighted by atomic mass is 16.3. The zero-order chi connectivity index (χ0) is 7.11. The molecule has 0 spiro atoms. The minimum atomic E-state index is -0.719. The molecule has 0 heterocycles. The van der Waals surface area contributed by atoms with Gasteiger partial charge in [-0.3, -0.25) is 9.59 Å². The Balaban J connectivity index is 3.14. The lowest BCUT2D eigenvalue weighted by molar-refractivity contribution is 0.173. The van der Waals surface area contributed by atoms with Crippen LogP contribution in [0.15, 0.2) is 0 Å². The second kappa shape index (κ2) is 5.44. The van der Waals surface area contributed by atoms with Crippen LogP contribution in [-0.2, 0) is 9.59 Å². The van der Waals surface area contributed by atoms with E-state index in [4.69, 9.17) is 5.11 Å². The number of carbonyl (C=O) groups excluding carboxylic acids is 2. The van der Waals surface area contributed by atoms with E-state index in [1.165, 1.54) is 0 Å². The van der Waals surface area contributed by atoms with Crippen molar-refractivity contribution >= 4 is 12.6 Å². The Bertz CT molecular complexity index is 90.3. The molecule has 0 rings (SSSR count). The zero-order valence-electron chi connectivity index (χ0n) is 4.96. The van der Waals surface area contributed by atoms with Crippen LogP contribution in [0, 0.1) is 0 Å². The van der Waals surface area contributed by atoms with Gasteiger partial charge in [-0.15, -0.1) is 0 Å². The Morgan fingerprint density at radius 2 is 2.00 bits per heavy atom. The van der Waals surface area contributed by atoms with Crippen LogP contribution in [0.1, 0.15) is 19.3 Å². The van der Waals surface area contributed by atoms with E-state index in [0.717, 1.165) is 0 Å². The maximum absolute atomic E-state index is 9.59. The molecule has 0 aliphatic heterocycles. The van der Waals surface area contributed by atoms with Crippen molar-refractivity contribution in [2.75, 3.05) is 0 Å². The van der Waals surface area contributed by atoms with Gasteiger partial charge in [-0.05, 0) is 6.42 Å². The molecule has 0 saturated heterocycles. The van der Waals surface area contributed by atoms with Gasteiger partial charge < -0.3 is 5.11 Å². The zero-order valence-corrected chi connectivity index (χ0v) is 4.96. The molecule has 0 saturated carbocycles. The SMILES string of the molecule is O=[C]CCC(O)C[C]=O. The van der Waals surface area contributed by atoms with Crippen molar-refractivity contribution in [1.29, 1.82) is 0 Å². The summed E-state index contributed by atoms with van der Waals surface area (Å²) in [6, 6.07) is 0.